The molecule has 1 fully saturated rings. The van der Waals surface area contributed by atoms with Gasteiger partial charge in [0.15, 0.2) is 0 Å². The van der Waals surface area contributed by atoms with Crippen molar-refractivity contribution in [1.29, 1.82) is 0 Å². The van der Waals surface area contributed by atoms with Gasteiger partial charge in [0.25, 0.3) is 0 Å². The molecule has 0 spiro atoms. The summed E-state index contributed by atoms with van der Waals surface area (Å²) in [5.41, 5.74) is 0. The van der Waals surface area contributed by atoms with E-state index in [1.54, 1.807) is 0 Å². The molecular formula is C10H14N4O3. The molecule has 1 amide bonds. The predicted molar refractivity (Wildman–Crippen MR) is 56.9 cm³/mol. The van der Waals surface area contributed by atoms with Gasteiger partial charge in [-0.3, -0.25) is 14.7 Å². The van der Waals surface area contributed by atoms with Crippen LogP contribution in [0.25, 0.3) is 0 Å². The molecule has 1 aliphatic carbocycles. The van der Waals surface area contributed by atoms with Crippen molar-refractivity contribution in [3.8, 4) is 0 Å². The average Bonchev–Trinajstić information content (AvgIpc) is 2.95. The Morgan fingerprint density at radius 2 is 2.35 bits per heavy atom. The summed E-state index contributed by atoms with van der Waals surface area (Å²) in [5, 5.41) is 17.8. The number of aliphatic carboxylic acids is 1. The molecule has 0 aliphatic heterocycles. The van der Waals surface area contributed by atoms with Crippen LogP contribution in [0.3, 0.4) is 0 Å². The van der Waals surface area contributed by atoms with Gasteiger partial charge in [-0.1, -0.05) is 0 Å². The second-order valence-corrected chi connectivity index (χ2v) is 4.11. The number of hydrogen-bond donors (Lipinski definition) is 3. The highest BCUT2D eigenvalue weighted by Crippen LogP contribution is 2.38. The average molecular weight is 238 g/mol. The minimum Gasteiger partial charge on any atom is -0.481 e. The number of H-pyrrole nitrogens is 1. The van der Waals surface area contributed by atoms with Crippen LogP contribution >= 0.6 is 0 Å². The van der Waals surface area contributed by atoms with Gasteiger partial charge < -0.3 is 10.4 Å². The van der Waals surface area contributed by atoms with Gasteiger partial charge >= 0.3 is 5.97 Å². The van der Waals surface area contributed by atoms with Gasteiger partial charge in [-0.15, -0.1) is 0 Å². The lowest BCUT2D eigenvalue weighted by molar-refractivity contribution is -0.140. The van der Waals surface area contributed by atoms with Crippen LogP contribution in [0.15, 0.2) is 6.33 Å². The molecule has 7 heteroatoms. The molecule has 0 saturated heterocycles. The van der Waals surface area contributed by atoms with Crippen LogP contribution in [0.4, 0.5) is 0 Å². The maximum absolute atomic E-state index is 11.5. The van der Waals surface area contributed by atoms with Gasteiger partial charge in [0, 0.05) is 13.0 Å². The molecule has 1 saturated carbocycles. The highest BCUT2D eigenvalue weighted by atomic mass is 16.4. The van der Waals surface area contributed by atoms with E-state index in [1.165, 1.54) is 6.33 Å². The maximum atomic E-state index is 11.5. The van der Waals surface area contributed by atoms with Crippen molar-refractivity contribution < 1.29 is 14.7 Å². The summed E-state index contributed by atoms with van der Waals surface area (Å²) in [6.07, 6.45) is 3.37. The second-order valence-electron chi connectivity index (χ2n) is 4.11. The summed E-state index contributed by atoms with van der Waals surface area (Å²) in [6.45, 7) is 0.530. The van der Waals surface area contributed by atoms with E-state index in [4.69, 9.17) is 5.11 Å². The molecule has 0 aromatic carbocycles. The van der Waals surface area contributed by atoms with Crippen molar-refractivity contribution in [3.05, 3.63) is 12.2 Å². The number of rotatable bonds is 6. The highest BCUT2D eigenvalue weighted by molar-refractivity contribution is 5.89. The Labute approximate surface area is 97.6 Å². The normalized spacial score (nSPS) is 22.1. The topological polar surface area (TPSA) is 108 Å². The molecule has 17 heavy (non-hydrogen) atoms. The van der Waals surface area contributed by atoms with Gasteiger partial charge in [0.1, 0.15) is 12.2 Å². The number of carbonyl (C=O) groups excluding carboxylic acids is 1. The third-order valence-corrected chi connectivity index (χ3v) is 2.80. The zero-order chi connectivity index (χ0) is 12.3. The third-order valence-electron chi connectivity index (χ3n) is 2.80. The summed E-state index contributed by atoms with van der Waals surface area (Å²) >= 11 is 0. The van der Waals surface area contributed by atoms with Crippen molar-refractivity contribution >= 4 is 11.9 Å². The van der Waals surface area contributed by atoms with Gasteiger partial charge in [0.05, 0.1) is 11.8 Å². The Kier molecular flexibility index (Phi) is 3.36. The van der Waals surface area contributed by atoms with Crippen molar-refractivity contribution in [3.63, 3.8) is 0 Å². The molecule has 1 heterocycles. The monoisotopic (exact) mass is 238 g/mol. The van der Waals surface area contributed by atoms with E-state index in [2.05, 4.69) is 20.5 Å². The largest absolute Gasteiger partial charge is 0.481 e. The Balaban J connectivity index is 1.60. The fourth-order valence-corrected chi connectivity index (χ4v) is 1.71. The van der Waals surface area contributed by atoms with Crippen LogP contribution in [0.2, 0.25) is 0 Å². The summed E-state index contributed by atoms with van der Waals surface area (Å²) < 4.78 is 0. The fraction of sp³-hybridized carbons (Fsp3) is 0.600. The third kappa shape index (κ3) is 3.02. The molecule has 3 N–H and O–H groups in total. The van der Waals surface area contributed by atoms with E-state index in [-0.39, 0.29) is 11.8 Å². The van der Waals surface area contributed by atoms with Gasteiger partial charge in [-0.25, -0.2) is 4.98 Å². The molecule has 2 atom stereocenters. The minimum absolute atomic E-state index is 0.157. The van der Waals surface area contributed by atoms with Gasteiger partial charge in [-0.05, 0) is 12.8 Å². The van der Waals surface area contributed by atoms with E-state index in [0.29, 0.717) is 19.4 Å². The number of carboxylic acid groups (broad SMARTS) is 1. The van der Waals surface area contributed by atoms with Crippen LogP contribution in [0.1, 0.15) is 18.7 Å². The van der Waals surface area contributed by atoms with Crippen LogP contribution in [-0.2, 0) is 16.0 Å². The van der Waals surface area contributed by atoms with Crippen molar-refractivity contribution in [2.45, 2.75) is 19.3 Å². The Hall–Kier alpha value is -1.92. The summed E-state index contributed by atoms with van der Waals surface area (Å²) in [7, 11) is 0. The highest BCUT2D eigenvalue weighted by Gasteiger charge is 2.48. The smallest absolute Gasteiger partial charge is 0.307 e. The lowest BCUT2D eigenvalue weighted by Gasteiger charge is -2.02. The Morgan fingerprint density at radius 3 is 2.94 bits per heavy atom. The zero-order valence-corrected chi connectivity index (χ0v) is 9.22. The molecular weight excluding hydrogens is 224 g/mol. The second kappa shape index (κ2) is 4.94. The Morgan fingerprint density at radius 1 is 1.53 bits per heavy atom. The molecule has 1 aromatic heterocycles. The first-order valence-corrected chi connectivity index (χ1v) is 5.53. The zero-order valence-electron chi connectivity index (χ0n) is 9.22. The number of aromatic nitrogens is 3. The van der Waals surface area contributed by atoms with E-state index in [1.807, 2.05) is 0 Å². The van der Waals surface area contributed by atoms with E-state index in [0.717, 1.165) is 12.2 Å². The summed E-state index contributed by atoms with van der Waals surface area (Å²) in [4.78, 5) is 26.0. The lowest BCUT2D eigenvalue weighted by Crippen LogP contribution is -2.27. The van der Waals surface area contributed by atoms with Crippen LogP contribution < -0.4 is 5.32 Å². The number of aryl methyl sites for hydroxylation is 1. The first-order chi connectivity index (χ1) is 8.18. The van der Waals surface area contributed by atoms with Crippen molar-refractivity contribution in [2.24, 2.45) is 11.8 Å². The van der Waals surface area contributed by atoms with Gasteiger partial charge in [0.2, 0.25) is 5.91 Å². The summed E-state index contributed by atoms with van der Waals surface area (Å²) in [5.74, 6) is -1.07. The van der Waals surface area contributed by atoms with E-state index in [9.17, 15) is 9.59 Å². The molecule has 92 valence electrons. The standard InChI is InChI=1S/C10H14N4O3/c15-9(6-4-7(6)10(16)17)11-3-1-2-8-12-5-13-14-8/h5-7H,1-4H2,(H,11,15)(H,16,17)(H,12,13,14)/t6-,7+/m1/s1. The fourth-order valence-electron chi connectivity index (χ4n) is 1.71. The molecule has 0 radical (unpaired) electrons. The van der Waals surface area contributed by atoms with E-state index < -0.39 is 11.9 Å². The Bertz CT molecular complexity index is 404. The van der Waals surface area contributed by atoms with E-state index >= 15 is 0 Å². The SMILES string of the molecule is O=C(O)[C@H]1C[C@H]1C(=O)NCCCc1ncn[nH]1. The number of carboxylic acids is 1. The molecule has 1 aliphatic rings. The van der Waals surface area contributed by atoms with Crippen LogP contribution in [0.5, 0.6) is 0 Å². The molecule has 1 aromatic rings. The molecule has 7 nitrogen and oxygen atoms in total. The molecule has 0 unspecified atom stereocenters. The predicted octanol–water partition coefficient (Wildman–Crippen LogP) is -0.426. The molecule has 0 bridgehead atoms. The van der Waals surface area contributed by atoms with Gasteiger partial charge in [-0.2, -0.15) is 5.10 Å². The first kappa shape index (κ1) is 11.6. The number of amides is 1. The first-order valence-electron chi connectivity index (χ1n) is 5.53. The summed E-state index contributed by atoms with van der Waals surface area (Å²) in [6, 6.07) is 0. The lowest BCUT2D eigenvalue weighted by atomic mass is 10.2. The van der Waals surface area contributed by atoms with Crippen molar-refractivity contribution in [2.75, 3.05) is 6.54 Å². The molecule has 2 rings (SSSR count). The maximum Gasteiger partial charge on any atom is 0.307 e. The number of hydrogen-bond acceptors (Lipinski definition) is 4. The number of nitrogens with one attached hydrogen (secondary N) is 2. The van der Waals surface area contributed by atoms with Crippen molar-refractivity contribution in [1.82, 2.24) is 20.5 Å². The quantitative estimate of drug-likeness (QED) is 0.583. The van der Waals surface area contributed by atoms with Crippen LogP contribution in [-0.4, -0.2) is 38.7 Å². The van der Waals surface area contributed by atoms with Crippen LogP contribution in [0, 0.1) is 11.8 Å². The number of aromatic amines is 1. The number of nitrogens with zero attached hydrogens (tertiary/aromatic N) is 2. The number of carbonyl (C=O) groups is 2. The minimum atomic E-state index is -0.883.